The summed E-state index contributed by atoms with van der Waals surface area (Å²) in [4.78, 5) is 23.1. The van der Waals surface area contributed by atoms with E-state index in [1.54, 1.807) is 6.92 Å². The zero-order valence-electron chi connectivity index (χ0n) is 12.8. The van der Waals surface area contributed by atoms with Crippen LogP contribution in [-0.2, 0) is 0 Å². The van der Waals surface area contributed by atoms with E-state index in [0.717, 1.165) is 24.9 Å². The summed E-state index contributed by atoms with van der Waals surface area (Å²) in [7, 11) is 0. The van der Waals surface area contributed by atoms with E-state index in [1.165, 1.54) is 0 Å². The number of rotatable bonds is 8. The molecular formula is C14H21N5O4. The molecule has 0 unspecified atom stereocenters. The van der Waals surface area contributed by atoms with Gasteiger partial charge in [0.15, 0.2) is 5.75 Å². The van der Waals surface area contributed by atoms with Crippen molar-refractivity contribution in [3.05, 3.63) is 39.6 Å². The maximum Gasteiger partial charge on any atom is 0.271 e. The number of hydrogen-bond donors (Lipinski definition) is 6. The van der Waals surface area contributed by atoms with Gasteiger partial charge in [-0.15, -0.1) is 0 Å². The molecule has 7 N–H and O–H groups in total. The molecule has 9 heteroatoms. The molecule has 0 bridgehead atoms. The van der Waals surface area contributed by atoms with Gasteiger partial charge in [0.05, 0.1) is 11.9 Å². The smallest absolute Gasteiger partial charge is 0.271 e. The number of allylic oxidation sites excluding steroid dienone is 2. The van der Waals surface area contributed by atoms with Gasteiger partial charge in [-0.05, 0) is 19.8 Å². The molecule has 0 fully saturated rings. The number of aromatic nitrogens is 1. The third-order valence-corrected chi connectivity index (χ3v) is 3.02. The maximum absolute atomic E-state index is 11.8. The lowest BCUT2D eigenvalue weighted by atomic mass is 10.2. The van der Waals surface area contributed by atoms with E-state index in [2.05, 4.69) is 10.6 Å². The van der Waals surface area contributed by atoms with Gasteiger partial charge in [0.1, 0.15) is 5.69 Å². The van der Waals surface area contributed by atoms with Crippen molar-refractivity contribution in [3.63, 3.8) is 0 Å². The third kappa shape index (κ3) is 5.38. The number of amides is 1. The van der Waals surface area contributed by atoms with Crippen LogP contribution in [0.1, 0.15) is 30.3 Å². The maximum atomic E-state index is 11.8. The molecule has 0 aliphatic rings. The minimum absolute atomic E-state index is 0.251. The summed E-state index contributed by atoms with van der Waals surface area (Å²) in [6, 6.07) is 0.859. The highest BCUT2D eigenvalue weighted by molar-refractivity contribution is 5.92. The van der Waals surface area contributed by atoms with Crippen LogP contribution < -0.4 is 21.8 Å². The molecule has 0 atom stereocenters. The second-order valence-electron chi connectivity index (χ2n) is 4.88. The van der Waals surface area contributed by atoms with Crippen LogP contribution in [0.5, 0.6) is 5.75 Å². The fourth-order valence-corrected chi connectivity index (χ4v) is 1.75. The van der Waals surface area contributed by atoms with Gasteiger partial charge in [0.2, 0.25) is 5.43 Å². The van der Waals surface area contributed by atoms with E-state index < -0.39 is 17.1 Å². The number of nitrogens with zero attached hydrogens (tertiary/aromatic N) is 1. The number of pyridine rings is 1. The Bertz CT molecular complexity index is 662. The van der Waals surface area contributed by atoms with Crippen LogP contribution in [0.25, 0.3) is 0 Å². The zero-order valence-corrected chi connectivity index (χ0v) is 12.8. The molecular weight excluding hydrogens is 302 g/mol. The van der Waals surface area contributed by atoms with Crippen LogP contribution in [-0.4, -0.2) is 40.3 Å². The normalized spacial score (nSPS) is 11.5. The van der Waals surface area contributed by atoms with Gasteiger partial charge < -0.3 is 32.1 Å². The van der Waals surface area contributed by atoms with Gasteiger partial charge in [-0.2, -0.15) is 4.73 Å². The summed E-state index contributed by atoms with van der Waals surface area (Å²) in [5.41, 5.74) is 5.66. The molecule has 23 heavy (non-hydrogen) atoms. The number of nitrogens with one attached hydrogen (secondary N) is 3. The number of carbonyl (C=O) groups excluding carboxylic acids is 1. The van der Waals surface area contributed by atoms with Crippen molar-refractivity contribution >= 4 is 12.1 Å². The van der Waals surface area contributed by atoms with Crippen molar-refractivity contribution in [1.29, 1.82) is 5.41 Å². The average Bonchev–Trinajstić information content (AvgIpc) is 2.49. The fourth-order valence-electron chi connectivity index (χ4n) is 1.75. The van der Waals surface area contributed by atoms with Crippen LogP contribution in [0.2, 0.25) is 0 Å². The highest BCUT2D eigenvalue weighted by atomic mass is 16.5. The second-order valence-corrected chi connectivity index (χ2v) is 4.88. The van der Waals surface area contributed by atoms with E-state index in [1.807, 2.05) is 0 Å². The largest absolute Gasteiger partial charge is 0.503 e. The van der Waals surface area contributed by atoms with E-state index in [4.69, 9.17) is 16.2 Å². The molecule has 0 saturated heterocycles. The first-order valence-corrected chi connectivity index (χ1v) is 7.00. The van der Waals surface area contributed by atoms with Crippen LogP contribution in [0, 0.1) is 5.41 Å². The quantitative estimate of drug-likeness (QED) is 0.220. The van der Waals surface area contributed by atoms with Crippen molar-refractivity contribution in [2.24, 2.45) is 5.73 Å². The predicted molar refractivity (Wildman–Crippen MR) is 84.8 cm³/mol. The van der Waals surface area contributed by atoms with Gasteiger partial charge in [0, 0.05) is 31.1 Å². The number of unbranched alkanes of at least 4 members (excludes halogenated alkanes) is 1. The van der Waals surface area contributed by atoms with E-state index in [9.17, 15) is 14.8 Å². The van der Waals surface area contributed by atoms with Crippen molar-refractivity contribution in [2.75, 3.05) is 13.1 Å². The van der Waals surface area contributed by atoms with E-state index in [-0.39, 0.29) is 5.69 Å². The number of carbonyl (C=O) groups is 1. The Morgan fingerprint density at radius 2 is 2.00 bits per heavy atom. The van der Waals surface area contributed by atoms with Crippen LogP contribution >= 0.6 is 0 Å². The molecule has 0 aliphatic carbocycles. The van der Waals surface area contributed by atoms with Crippen molar-refractivity contribution in [1.82, 2.24) is 15.4 Å². The first-order valence-electron chi connectivity index (χ1n) is 7.00. The SMILES string of the molecule is C/C(N)=C(\C=N)NCCCCNC(=O)c1cc(=O)c(O)cn1O. The molecule has 1 aromatic heterocycles. The topological polar surface area (TPSA) is 153 Å². The Morgan fingerprint density at radius 1 is 1.39 bits per heavy atom. The van der Waals surface area contributed by atoms with Gasteiger partial charge in [-0.1, -0.05) is 0 Å². The summed E-state index contributed by atoms with van der Waals surface area (Å²) >= 11 is 0. The van der Waals surface area contributed by atoms with Gasteiger partial charge >= 0.3 is 0 Å². The van der Waals surface area contributed by atoms with Gasteiger partial charge in [-0.25, -0.2) is 0 Å². The highest BCUT2D eigenvalue weighted by Gasteiger charge is 2.12. The lowest BCUT2D eigenvalue weighted by molar-refractivity contribution is 0.0896. The number of nitrogens with two attached hydrogens (primary N) is 1. The molecule has 0 aromatic carbocycles. The van der Waals surface area contributed by atoms with Crippen LogP contribution in [0.4, 0.5) is 0 Å². The Hall–Kier alpha value is -2.97. The predicted octanol–water partition coefficient (Wildman–Crippen LogP) is -0.269. The highest BCUT2D eigenvalue weighted by Crippen LogP contribution is 2.02. The van der Waals surface area contributed by atoms with Crippen LogP contribution in [0.15, 0.2) is 28.5 Å². The summed E-state index contributed by atoms with van der Waals surface area (Å²) in [6.07, 6.45) is 3.29. The van der Waals surface area contributed by atoms with Crippen molar-refractivity contribution < 1.29 is 15.1 Å². The molecule has 126 valence electrons. The number of hydrogen-bond acceptors (Lipinski definition) is 7. The fraction of sp³-hybridized carbons (Fsp3) is 0.357. The Kier molecular flexibility index (Phi) is 6.66. The molecule has 0 radical (unpaired) electrons. The summed E-state index contributed by atoms with van der Waals surface area (Å²) < 4.78 is 0.402. The number of aromatic hydroxyl groups is 1. The Balaban J connectivity index is 2.38. The van der Waals surface area contributed by atoms with Crippen LogP contribution in [0.3, 0.4) is 0 Å². The van der Waals surface area contributed by atoms with Crippen molar-refractivity contribution in [2.45, 2.75) is 19.8 Å². The Morgan fingerprint density at radius 3 is 2.57 bits per heavy atom. The Labute approximate surface area is 132 Å². The first kappa shape index (κ1) is 18.1. The molecule has 0 spiro atoms. The summed E-state index contributed by atoms with van der Waals surface area (Å²) in [5, 5.41) is 31.3. The second kappa shape index (κ2) is 8.47. The molecule has 1 aromatic rings. The monoisotopic (exact) mass is 323 g/mol. The molecule has 9 nitrogen and oxygen atoms in total. The lowest BCUT2D eigenvalue weighted by Gasteiger charge is -2.10. The minimum atomic E-state index is -0.743. The third-order valence-electron chi connectivity index (χ3n) is 3.02. The van der Waals surface area contributed by atoms with Gasteiger partial charge in [0.25, 0.3) is 5.91 Å². The van der Waals surface area contributed by atoms with E-state index >= 15 is 0 Å². The average molecular weight is 323 g/mol. The van der Waals surface area contributed by atoms with Gasteiger partial charge in [-0.3, -0.25) is 9.59 Å². The summed E-state index contributed by atoms with van der Waals surface area (Å²) in [5.74, 6) is -1.25. The first-order chi connectivity index (χ1) is 10.9. The molecule has 0 aliphatic heterocycles. The van der Waals surface area contributed by atoms with Crippen molar-refractivity contribution in [3.8, 4) is 5.75 Å². The van der Waals surface area contributed by atoms with E-state index in [0.29, 0.717) is 35.6 Å². The molecule has 1 amide bonds. The zero-order chi connectivity index (χ0) is 17.4. The lowest BCUT2D eigenvalue weighted by Crippen LogP contribution is -2.29. The minimum Gasteiger partial charge on any atom is -0.503 e. The molecule has 0 saturated carbocycles. The molecule has 1 heterocycles. The standard InChI is InChI=1S/C14H21N5O4/c1-9(16)10(7-15)17-4-2-3-5-18-14(22)11-6-12(20)13(21)8-19(11)23/h6-8,15,17,21,23H,2-5,16H2,1H3,(H,18,22)/b10-9-,15-7?. The molecule has 1 rings (SSSR count). The summed E-state index contributed by atoms with van der Waals surface area (Å²) in [6.45, 7) is 2.64.